The van der Waals surface area contributed by atoms with Crippen LogP contribution in [0.15, 0.2) is 84.1 Å². The minimum absolute atomic E-state index is 0.0363. The van der Waals surface area contributed by atoms with Gasteiger partial charge in [0.2, 0.25) is 5.91 Å². The Morgan fingerprint density at radius 2 is 1.60 bits per heavy atom. The number of hydrogen-bond acceptors (Lipinski definition) is 5. The molecule has 3 aromatic rings. The van der Waals surface area contributed by atoms with Crippen LogP contribution in [0.4, 0.5) is 17.1 Å². The number of amides is 1. The van der Waals surface area contributed by atoms with E-state index in [2.05, 4.69) is 55.3 Å². The van der Waals surface area contributed by atoms with Crippen molar-refractivity contribution in [3.8, 4) is 5.75 Å². The number of ether oxygens (including phenoxy) is 1. The van der Waals surface area contributed by atoms with Gasteiger partial charge >= 0.3 is 0 Å². The monoisotopic (exact) mass is 565 g/mol. The van der Waals surface area contributed by atoms with Gasteiger partial charge in [-0.3, -0.25) is 14.5 Å². The van der Waals surface area contributed by atoms with E-state index in [4.69, 9.17) is 4.74 Å². The van der Waals surface area contributed by atoms with Gasteiger partial charge in [-0.05, 0) is 80.1 Å². The number of nitrogens with one attached hydrogen (secondary N) is 1. The third-order valence-corrected chi connectivity index (χ3v) is 8.68. The number of methoxy groups -OCH3 is 1. The Balaban J connectivity index is 1.59. The highest BCUT2D eigenvalue weighted by Gasteiger charge is 2.41. The molecular formula is C36H43N3O3. The fourth-order valence-electron chi connectivity index (χ4n) is 6.40. The van der Waals surface area contributed by atoms with E-state index in [1.54, 1.807) is 7.11 Å². The molecule has 1 aliphatic carbocycles. The summed E-state index contributed by atoms with van der Waals surface area (Å²) in [5, 5.41) is 3.65. The first-order valence-corrected chi connectivity index (χ1v) is 15.4. The van der Waals surface area contributed by atoms with Crippen LogP contribution in [-0.2, 0) is 9.59 Å². The topological polar surface area (TPSA) is 61.9 Å². The number of benzene rings is 3. The van der Waals surface area contributed by atoms with Gasteiger partial charge in [0, 0.05) is 42.9 Å². The van der Waals surface area contributed by atoms with Crippen molar-refractivity contribution in [2.75, 3.05) is 35.3 Å². The summed E-state index contributed by atoms with van der Waals surface area (Å²) in [6.45, 7) is 8.38. The number of unbranched alkanes of at least 4 members (excludes halogenated alkanes) is 2. The highest BCUT2D eigenvalue weighted by molar-refractivity contribution is 6.06. The molecule has 220 valence electrons. The summed E-state index contributed by atoms with van der Waals surface area (Å²) in [5.74, 6) is 0.921. The van der Waals surface area contributed by atoms with Gasteiger partial charge < -0.3 is 15.0 Å². The standard InChI is InChI=1S/C36H43N3O3/c1-5-8-9-14-34(41)39-32-13-11-10-12-30(32)37-31-23-27(25-15-19-28(20-16-25)38(6-2)7-3)24-33(40)35(31)36(39)26-17-21-29(42-4)22-18-26/h10-13,15-22,27,36-37H,5-9,14,23-24H2,1-4H3/t27-,36+/m1/s1. The van der Waals surface area contributed by atoms with Crippen LogP contribution in [0.3, 0.4) is 0 Å². The van der Waals surface area contributed by atoms with E-state index in [-0.39, 0.29) is 17.6 Å². The normalized spacial score (nSPS) is 18.1. The quantitative estimate of drug-likeness (QED) is 0.252. The van der Waals surface area contributed by atoms with Crippen LogP contribution >= 0.6 is 0 Å². The first kappa shape index (κ1) is 29.4. The van der Waals surface area contributed by atoms with Crippen LogP contribution in [-0.4, -0.2) is 31.9 Å². The van der Waals surface area contributed by atoms with Crippen molar-refractivity contribution >= 4 is 28.8 Å². The van der Waals surface area contributed by atoms with Crippen molar-refractivity contribution in [3.05, 3.63) is 95.2 Å². The van der Waals surface area contributed by atoms with Crippen LogP contribution in [0.2, 0.25) is 0 Å². The number of Topliss-reactive ketones (excluding diaryl/α,β-unsaturated/α-hetero) is 1. The number of carbonyl (C=O) groups is 2. The van der Waals surface area contributed by atoms with Crippen LogP contribution in [0.25, 0.3) is 0 Å². The van der Waals surface area contributed by atoms with Crippen molar-refractivity contribution in [1.82, 2.24) is 0 Å². The van der Waals surface area contributed by atoms with Crippen LogP contribution in [0.5, 0.6) is 5.75 Å². The van der Waals surface area contributed by atoms with Gasteiger partial charge in [0.15, 0.2) is 5.78 Å². The second kappa shape index (κ2) is 13.3. The van der Waals surface area contributed by atoms with Crippen LogP contribution < -0.4 is 19.9 Å². The average Bonchev–Trinajstić information content (AvgIpc) is 3.17. The Labute approximate surface area is 250 Å². The molecule has 0 saturated heterocycles. The molecule has 0 aromatic heterocycles. The van der Waals surface area contributed by atoms with Crippen LogP contribution in [0.1, 0.15) is 82.4 Å². The second-order valence-electron chi connectivity index (χ2n) is 11.2. The molecule has 0 saturated carbocycles. The van der Waals surface area contributed by atoms with Gasteiger partial charge in [0.05, 0.1) is 24.5 Å². The van der Waals surface area contributed by atoms with Crippen molar-refractivity contribution in [3.63, 3.8) is 0 Å². The number of carbonyl (C=O) groups excluding carboxylic acids is 2. The van der Waals surface area contributed by atoms with Crippen LogP contribution in [0, 0.1) is 0 Å². The number of anilines is 3. The zero-order chi connectivity index (χ0) is 29.6. The van der Waals surface area contributed by atoms with E-state index in [0.29, 0.717) is 24.8 Å². The maximum absolute atomic E-state index is 14.3. The van der Waals surface area contributed by atoms with E-state index in [1.165, 1.54) is 11.3 Å². The molecule has 0 unspecified atom stereocenters. The molecule has 1 amide bonds. The van der Waals surface area contributed by atoms with E-state index >= 15 is 0 Å². The maximum atomic E-state index is 14.3. The van der Waals surface area contributed by atoms with E-state index in [0.717, 1.165) is 60.7 Å². The summed E-state index contributed by atoms with van der Waals surface area (Å²) in [4.78, 5) is 32.5. The fraction of sp³-hybridized carbons (Fsp3) is 0.389. The highest BCUT2D eigenvalue weighted by atomic mass is 16.5. The molecule has 6 nitrogen and oxygen atoms in total. The fourth-order valence-corrected chi connectivity index (χ4v) is 6.40. The van der Waals surface area contributed by atoms with Gasteiger partial charge in [-0.1, -0.05) is 56.2 Å². The number of nitrogens with zero attached hydrogens (tertiary/aromatic N) is 2. The molecule has 1 N–H and O–H groups in total. The molecule has 6 heteroatoms. The smallest absolute Gasteiger partial charge is 0.227 e. The largest absolute Gasteiger partial charge is 0.497 e. The summed E-state index contributed by atoms with van der Waals surface area (Å²) in [6.07, 6.45) is 4.40. The van der Waals surface area contributed by atoms with E-state index < -0.39 is 6.04 Å². The Bertz CT molecular complexity index is 1420. The van der Waals surface area contributed by atoms with Gasteiger partial charge in [-0.2, -0.15) is 0 Å². The molecule has 1 aliphatic heterocycles. The number of hydrogen-bond donors (Lipinski definition) is 1. The lowest BCUT2D eigenvalue weighted by molar-refractivity contribution is -0.119. The Morgan fingerprint density at radius 1 is 0.905 bits per heavy atom. The first-order chi connectivity index (χ1) is 20.5. The third-order valence-electron chi connectivity index (χ3n) is 8.68. The average molecular weight is 566 g/mol. The molecule has 1 heterocycles. The van der Waals surface area contributed by atoms with Crippen molar-refractivity contribution < 1.29 is 14.3 Å². The summed E-state index contributed by atoms with van der Waals surface area (Å²) in [7, 11) is 1.64. The SMILES string of the molecule is CCCCCC(=O)N1c2ccccc2NC2=C(C(=O)C[C@H](c3ccc(N(CC)CC)cc3)C2)[C@@H]1c1ccc(OC)cc1. The van der Waals surface area contributed by atoms with Crippen molar-refractivity contribution in [1.29, 1.82) is 0 Å². The minimum atomic E-state index is -0.519. The zero-order valence-electron chi connectivity index (χ0n) is 25.4. The lowest BCUT2D eigenvalue weighted by Gasteiger charge is -2.35. The van der Waals surface area contributed by atoms with Gasteiger partial charge in [0.25, 0.3) is 0 Å². The summed E-state index contributed by atoms with van der Waals surface area (Å²) in [5.41, 5.74) is 6.53. The predicted molar refractivity (Wildman–Crippen MR) is 171 cm³/mol. The molecular weight excluding hydrogens is 522 g/mol. The van der Waals surface area contributed by atoms with Crippen molar-refractivity contribution in [2.24, 2.45) is 0 Å². The number of allylic oxidation sites excluding steroid dienone is 1. The van der Waals surface area contributed by atoms with Crippen molar-refractivity contribution in [2.45, 2.75) is 71.3 Å². The molecule has 0 radical (unpaired) electrons. The molecule has 3 aromatic carbocycles. The summed E-state index contributed by atoms with van der Waals surface area (Å²) in [6, 6.07) is 23.9. The lowest BCUT2D eigenvalue weighted by Crippen LogP contribution is -2.38. The van der Waals surface area contributed by atoms with Gasteiger partial charge in [-0.15, -0.1) is 0 Å². The number of ketones is 1. The lowest BCUT2D eigenvalue weighted by atomic mass is 9.78. The molecule has 0 spiro atoms. The molecule has 42 heavy (non-hydrogen) atoms. The molecule has 2 aliphatic rings. The Kier molecular flexibility index (Phi) is 9.31. The summed E-state index contributed by atoms with van der Waals surface area (Å²) < 4.78 is 5.43. The van der Waals surface area contributed by atoms with E-state index in [9.17, 15) is 9.59 Å². The molecule has 5 rings (SSSR count). The third kappa shape index (κ3) is 5.94. The van der Waals surface area contributed by atoms with Gasteiger partial charge in [0.1, 0.15) is 5.75 Å². The number of para-hydroxylation sites is 2. The number of fused-ring (bicyclic) bond motifs is 1. The minimum Gasteiger partial charge on any atom is -0.497 e. The summed E-state index contributed by atoms with van der Waals surface area (Å²) >= 11 is 0. The Hall–Kier alpha value is -4.06. The predicted octanol–water partition coefficient (Wildman–Crippen LogP) is 8.02. The first-order valence-electron chi connectivity index (χ1n) is 15.4. The van der Waals surface area contributed by atoms with Gasteiger partial charge in [-0.25, -0.2) is 0 Å². The molecule has 0 bridgehead atoms. The number of rotatable bonds is 10. The Morgan fingerprint density at radius 3 is 2.26 bits per heavy atom. The maximum Gasteiger partial charge on any atom is 0.227 e. The molecule has 0 fully saturated rings. The highest BCUT2D eigenvalue weighted by Crippen LogP contribution is 2.48. The van der Waals surface area contributed by atoms with E-state index in [1.807, 2.05) is 53.4 Å². The molecule has 2 atom stereocenters. The zero-order valence-corrected chi connectivity index (χ0v) is 25.4. The second-order valence-corrected chi connectivity index (χ2v) is 11.2.